The van der Waals surface area contributed by atoms with Crippen LogP contribution in [0.4, 0.5) is 18.3 Å². The van der Waals surface area contributed by atoms with Gasteiger partial charge in [0.15, 0.2) is 11.2 Å². The van der Waals surface area contributed by atoms with Gasteiger partial charge < -0.3 is 14.6 Å². The van der Waals surface area contributed by atoms with E-state index in [1.807, 2.05) is 0 Å². The SMILES string of the molecule is CC(=O)OCC(OC(C)=O)c1nc2c(C(F)(F)F)cccc2c(O)c1C(=O)Nc1nccs1. The largest absolute Gasteiger partial charge is 0.506 e. The summed E-state index contributed by atoms with van der Waals surface area (Å²) in [5.74, 6) is -3.45. The predicted molar refractivity (Wildman–Crippen MR) is 110 cm³/mol. The molecule has 0 saturated heterocycles. The molecule has 1 amide bonds. The minimum Gasteiger partial charge on any atom is -0.506 e. The Morgan fingerprint density at radius 1 is 1.21 bits per heavy atom. The van der Waals surface area contributed by atoms with Crippen LogP contribution in [0.1, 0.15) is 41.6 Å². The lowest BCUT2D eigenvalue weighted by molar-refractivity contribution is -0.157. The monoisotopic (exact) mass is 483 g/mol. The average Bonchev–Trinajstić information content (AvgIpc) is 3.22. The van der Waals surface area contributed by atoms with Gasteiger partial charge in [-0.15, -0.1) is 11.3 Å². The second-order valence-electron chi connectivity index (χ2n) is 6.61. The topological polar surface area (TPSA) is 128 Å². The minimum atomic E-state index is -4.84. The fourth-order valence-electron chi connectivity index (χ4n) is 2.98. The number of thiazole rings is 1. The average molecular weight is 483 g/mol. The van der Waals surface area contributed by atoms with Crippen LogP contribution in [0.25, 0.3) is 10.9 Å². The molecule has 13 heteroatoms. The van der Waals surface area contributed by atoms with E-state index >= 15 is 0 Å². The van der Waals surface area contributed by atoms with Crippen molar-refractivity contribution < 1.29 is 42.1 Å². The number of fused-ring (bicyclic) bond motifs is 1. The molecule has 3 rings (SSSR count). The van der Waals surface area contributed by atoms with E-state index in [4.69, 9.17) is 9.47 Å². The van der Waals surface area contributed by atoms with Crippen molar-refractivity contribution in [3.8, 4) is 5.75 Å². The maximum absolute atomic E-state index is 13.6. The van der Waals surface area contributed by atoms with Gasteiger partial charge in [-0.2, -0.15) is 13.2 Å². The Kier molecular flexibility index (Phi) is 6.81. The third kappa shape index (κ3) is 5.37. The standard InChI is InChI=1S/C20H16F3N3O6S/c1-9(27)31-8-13(32-10(2)28)16-14(18(30)26-19-24-6-7-33-19)17(29)11-4-3-5-12(15(11)25-16)20(21,22)23/h3-7,13H,8H2,1-2H3,(H,25,29)(H,24,26,30). The zero-order valence-electron chi connectivity index (χ0n) is 17.1. The van der Waals surface area contributed by atoms with Crippen LogP contribution in [0.2, 0.25) is 0 Å². The highest BCUT2D eigenvalue weighted by Crippen LogP contribution is 2.40. The van der Waals surface area contributed by atoms with Crippen molar-refractivity contribution in [3.63, 3.8) is 0 Å². The van der Waals surface area contributed by atoms with Crippen LogP contribution in [0.15, 0.2) is 29.8 Å². The van der Waals surface area contributed by atoms with Gasteiger partial charge in [-0.25, -0.2) is 9.97 Å². The Labute approximate surface area is 188 Å². The van der Waals surface area contributed by atoms with Crippen molar-refractivity contribution in [2.45, 2.75) is 26.1 Å². The van der Waals surface area contributed by atoms with Gasteiger partial charge in [0, 0.05) is 30.8 Å². The number of nitrogens with one attached hydrogen (secondary N) is 1. The number of aromatic hydroxyl groups is 1. The second kappa shape index (κ2) is 9.40. The van der Waals surface area contributed by atoms with Gasteiger partial charge in [-0.1, -0.05) is 6.07 Å². The Morgan fingerprint density at radius 3 is 2.52 bits per heavy atom. The van der Waals surface area contributed by atoms with E-state index in [1.54, 1.807) is 5.38 Å². The van der Waals surface area contributed by atoms with Gasteiger partial charge in [0.2, 0.25) is 0 Å². The van der Waals surface area contributed by atoms with E-state index in [-0.39, 0.29) is 10.5 Å². The van der Waals surface area contributed by atoms with Crippen molar-refractivity contribution in [1.82, 2.24) is 9.97 Å². The number of carbonyl (C=O) groups is 3. The predicted octanol–water partition coefficient (Wildman–Crippen LogP) is 3.84. The summed E-state index contributed by atoms with van der Waals surface area (Å²) in [6.07, 6.45) is -5.02. The summed E-state index contributed by atoms with van der Waals surface area (Å²) in [4.78, 5) is 43.8. The highest BCUT2D eigenvalue weighted by Gasteiger charge is 2.36. The van der Waals surface area contributed by atoms with Crippen LogP contribution in [0.5, 0.6) is 5.75 Å². The smallest absolute Gasteiger partial charge is 0.418 e. The molecule has 2 N–H and O–H groups in total. The van der Waals surface area contributed by atoms with Gasteiger partial charge in [-0.05, 0) is 12.1 Å². The molecular weight excluding hydrogens is 467 g/mol. The van der Waals surface area contributed by atoms with Gasteiger partial charge in [0.05, 0.1) is 11.1 Å². The molecule has 0 spiro atoms. The van der Waals surface area contributed by atoms with Crippen molar-refractivity contribution in [1.29, 1.82) is 0 Å². The molecular formula is C20H16F3N3O6S. The molecule has 2 heterocycles. The number of hydrogen-bond acceptors (Lipinski definition) is 9. The molecule has 174 valence electrons. The van der Waals surface area contributed by atoms with Crippen molar-refractivity contribution in [2.75, 3.05) is 11.9 Å². The first-order valence-electron chi connectivity index (χ1n) is 9.23. The summed E-state index contributed by atoms with van der Waals surface area (Å²) >= 11 is 1.05. The molecule has 3 aromatic rings. The number of pyridine rings is 1. The number of ether oxygens (including phenoxy) is 2. The molecule has 1 unspecified atom stereocenters. The molecule has 1 atom stereocenters. The summed E-state index contributed by atoms with van der Waals surface area (Å²) in [7, 11) is 0. The molecule has 0 radical (unpaired) electrons. The first-order chi connectivity index (χ1) is 15.5. The van der Waals surface area contributed by atoms with E-state index < -0.39 is 64.8 Å². The van der Waals surface area contributed by atoms with Gasteiger partial charge >= 0.3 is 18.1 Å². The Morgan fingerprint density at radius 2 is 1.94 bits per heavy atom. The number of nitrogens with zero attached hydrogens (tertiary/aromatic N) is 2. The first kappa shape index (κ1) is 23.9. The third-order valence-electron chi connectivity index (χ3n) is 4.25. The first-order valence-corrected chi connectivity index (χ1v) is 10.1. The van der Waals surface area contributed by atoms with Crippen LogP contribution < -0.4 is 5.32 Å². The molecule has 0 saturated carbocycles. The maximum Gasteiger partial charge on any atom is 0.418 e. The lowest BCUT2D eigenvalue weighted by atomic mass is 10.0. The van der Waals surface area contributed by atoms with Crippen LogP contribution in [0, 0.1) is 0 Å². The van der Waals surface area contributed by atoms with Gasteiger partial charge in [0.1, 0.15) is 23.6 Å². The van der Waals surface area contributed by atoms with Crippen molar-refractivity contribution in [2.24, 2.45) is 0 Å². The van der Waals surface area contributed by atoms with Crippen LogP contribution in [0.3, 0.4) is 0 Å². The van der Waals surface area contributed by atoms with E-state index in [9.17, 15) is 32.7 Å². The summed E-state index contributed by atoms with van der Waals surface area (Å²) in [5, 5.41) is 14.6. The van der Waals surface area contributed by atoms with Crippen LogP contribution in [-0.2, 0) is 25.2 Å². The molecule has 0 fully saturated rings. The van der Waals surface area contributed by atoms with Gasteiger partial charge in [0.25, 0.3) is 5.91 Å². The van der Waals surface area contributed by atoms with E-state index in [1.165, 1.54) is 6.20 Å². The summed E-state index contributed by atoms with van der Waals surface area (Å²) < 4.78 is 50.7. The normalized spacial score (nSPS) is 12.3. The molecule has 2 aromatic heterocycles. The zero-order valence-corrected chi connectivity index (χ0v) is 17.9. The summed E-state index contributed by atoms with van der Waals surface area (Å²) in [6.45, 7) is 1.42. The maximum atomic E-state index is 13.6. The third-order valence-corrected chi connectivity index (χ3v) is 4.94. The number of hydrogen-bond donors (Lipinski definition) is 2. The van der Waals surface area contributed by atoms with Crippen LogP contribution >= 0.6 is 11.3 Å². The molecule has 0 aliphatic carbocycles. The van der Waals surface area contributed by atoms with Crippen molar-refractivity contribution in [3.05, 3.63) is 46.6 Å². The number of aromatic nitrogens is 2. The van der Waals surface area contributed by atoms with Gasteiger partial charge in [-0.3, -0.25) is 19.7 Å². The zero-order chi connectivity index (χ0) is 24.3. The van der Waals surface area contributed by atoms with Crippen LogP contribution in [-0.4, -0.2) is 39.5 Å². The fraction of sp³-hybridized carbons (Fsp3) is 0.250. The molecule has 9 nitrogen and oxygen atoms in total. The number of anilines is 1. The Hall–Kier alpha value is -3.74. The Bertz CT molecular complexity index is 1210. The molecule has 0 aliphatic rings. The quantitative estimate of drug-likeness (QED) is 0.507. The number of alkyl halides is 3. The fourth-order valence-corrected chi connectivity index (χ4v) is 3.50. The summed E-state index contributed by atoms with van der Waals surface area (Å²) in [6, 6.07) is 2.96. The van der Waals surface area contributed by atoms with E-state index in [2.05, 4.69) is 15.3 Å². The number of para-hydroxylation sites is 1. The highest BCUT2D eigenvalue weighted by molar-refractivity contribution is 7.13. The number of halogens is 3. The number of rotatable bonds is 6. The molecule has 33 heavy (non-hydrogen) atoms. The highest BCUT2D eigenvalue weighted by atomic mass is 32.1. The lowest BCUT2D eigenvalue weighted by Gasteiger charge is -2.21. The second-order valence-corrected chi connectivity index (χ2v) is 7.51. The number of esters is 2. The van der Waals surface area contributed by atoms with E-state index in [0.29, 0.717) is 0 Å². The summed E-state index contributed by atoms with van der Waals surface area (Å²) in [5.41, 5.74) is -2.95. The number of amides is 1. The Balaban J connectivity index is 2.28. The number of carbonyl (C=O) groups excluding carboxylic acids is 3. The molecule has 1 aromatic carbocycles. The molecule has 0 bridgehead atoms. The molecule has 0 aliphatic heterocycles. The van der Waals surface area contributed by atoms with E-state index in [0.717, 1.165) is 43.4 Å². The minimum absolute atomic E-state index is 0.138. The van der Waals surface area contributed by atoms with Crippen molar-refractivity contribution >= 4 is 45.2 Å². The number of benzene rings is 1. The lowest BCUT2D eigenvalue weighted by Crippen LogP contribution is -2.23.